The fourth-order valence-electron chi connectivity index (χ4n) is 1.84. The maximum atomic E-state index is 9.07. The number of hydrogen-bond acceptors (Lipinski definition) is 2. The predicted octanol–water partition coefficient (Wildman–Crippen LogP) is 4.09. The number of nitrogens with one attached hydrogen (secondary N) is 1. The van der Waals surface area contributed by atoms with Crippen molar-refractivity contribution in [1.29, 1.82) is 5.26 Å². The van der Waals surface area contributed by atoms with E-state index in [9.17, 15) is 0 Å². The fraction of sp³-hybridized carbons (Fsp3) is 0.533. The second kappa shape index (κ2) is 5.72. The van der Waals surface area contributed by atoms with Gasteiger partial charge in [-0.1, -0.05) is 25.5 Å². The highest BCUT2D eigenvalue weighted by molar-refractivity contribution is 5.47. The molecule has 1 rings (SSSR count). The lowest BCUT2D eigenvalue weighted by atomic mass is 9.86. The lowest BCUT2D eigenvalue weighted by Gasteiger charge is -2.18. The van der Waals surface area contributed by atoms with E-state index < -0.39 is 5.41 Å². The number of benzene rings is 1. The van der Waals surface area contributed by atoms with Crippen molar-refractivity contribution in [1.82, 2.24) is 0 Å². The van der Waals surface area contributed by atoms with Crippen molar-refractivity contribution in [2.24, 2.45) is 0 Å². The van der Waals surface area contributed by atoms with Crippen LogP contribution in [0.4, 0.5) is 5.69 Å². The summed E-state index contributed by atoms with van der Waals surface area (Å²) in [4.78, 5) is 0. The van der Waals surface area contributed by atoms with Crippen molar-refractivity contribution in [2.75, 3.05) is 5.32 Å². The Bertz CT molecular complexity index is 384. The lowest BCUT2D eigenvalue weighted by Crippen LogP contribution is -2.16. The van der Waals surface area contributed by atoms with Crippen LogP contribution in [0.25, 0.3) is 0 Å². The molecule has 1 unspecified atom stereocenters. The van der Waals surface area contributed by atoms with Crippen LogP contribution in [-0.4, -0.2) is 6.04 Å². The smallest absolute Gasteiger partial charge is 0.0766 e. The molecule has 92 valence electrons. The summed E-state index contributed by atoms with van der Waals surface area (Å²) >= 11 is 0. The Hall–Kier alpha value is -1.49. The minimum absolute atomic E-state index is 0.409. The Morgan fingerprint density at radius 3 is 2.35 bits per heavy atom. The zero-order valence-electron chi connectivity index (χ0n) is 11.2. The van der Waals surface area contributed by atoms with Crippen LogP contribution in [-0.2, 0) is 5.41 Å². The molecule has 1 atom stereocenters. The highest BCUT2D eigenvalue weighted by Gasteiger charge is 2.19. The maximum Gasteiger partial charge on any atom is 0.0766 e. The third-order valence-electron chi connectivity index (χ3n) is 3.02. The Kier molecular flexibility index (Phi) is 4.57. The SMILES string of the molecule is CCCC(C)Nc1ccc(C(C)(C)C#N)cc1. The zero-order valence-corrected chi connectivity index (χ0v) is 11.2. The van der Waals surface area contributed by atoms with E-state index in [-0.39, 0.29) is 0 Å². The molecule has 1 aromatic carbocycles. The van der Waals surface area contributed by atoms with Gasteiger partial charge in [-0.15, -0.1) is 0 Å². The van der Waals surface area contributed by atoms with Gasteiger partial charge in [0.15, 0.2) is 0 Å². The second-order valence-corrected chi connectivity index (χ2v) is 5.15. The molecule has 0 aliphatic carbocycles. The van der Waals surface area contributed by atoms with Gasteiger partial charge >= 0.3 is 0 Å². The first-order valence-corrected chi connectivity index (χ1v) is 6.28. The molecule has 0 saturated heterocycles. The second-order valence-electron chi connectivity index (χ2n) is 5.15. The molecule has 0 aromatic heterocycles. The molecule has 0 bridgehead atoms. The predicted molar refractivity (Wildman–Crippen MR) is 73.1 cm³/mol. The van der Waals surface area contributed by atoms with Crippen LogP contribution in [0.15, 0.2) is 24.3 Å². The third-order valence-corrected chi connectivity index (χ3v) is 3.02. The molecule has 1 aromatic rings. The van der Waals surface area contributed by atoms with Crippen molar-refractivity contribution in [3.8, 4) is 6.07 Å². The summed E-state index contributed by atoms with van der Waals surface area (Å²) in [7, 11) is 0. The molecule has 0 spiro atoms. The summed E-state index contributed by atoms with van der Waals surface area (Å²) in [6.45, 7) is 8.26. The van der Waals surface area contributed by atoms with Gasteiger partial charge in [0, 0.05) is 11.7 Å². The quantitative estimate of drug-likeness (QED) is 0.827. The summed E-state index contributed by atoms with van der Waals surface area (Å²) in [6.07, 6.45) is 2.36. The van der Waals surface area contributed by atoms with Gasteiger partial charge in [-0.3, -0.25) is 0 Å². The van der Waals surface area contributed by atoms with E-state index in [1.54, 1.807) is 0 Å². The van der Waals surface area contributed by atoms with E-state index in [1.165, 1.54) is 12.8 Å². The molecule has 0 aliphatic rings. The van der Waals surface area contributed by atoms with E-state index in [4.69, 9.17) is 5.26 Å². The third kappa shape index (κ3) is 3.78. The van der Waals surface area contributed by atoms with E-state index >= 15 is 0 Å². The molecule has 0 aliphatic heterocycles. The number of rotatable bonds is 5. The highest BCUT2D eigenvalue weighted by atomic mass is 14.9. The van der Waals surface area contributed by atoms with Gasteiger partial charge in [0.05, 0.1) is 11.5 Å². The normalized spacial score (nSPS) is 12.9. The number of nitrogens with zero attached hydrogens (tertiary/aromatic N) is 1. The van der Waals surface area contributed by atoms with Gasteiger partial charge < -0.3 is 5.32 Å². The Morgan fingerprint density at radius 1 is 1.29 bits per heavy atom. The first-order chi connectivity index (χ1) is 7.99. The van der Waals surface area contributed by atoms with Crippen molar-refractivity contribution in [3.63, 3.8) is 0 Å². The summed E-state index contributed by atoms with van der Waals surface area (Å²) in [6, 6.07) is 11.0. The van der Waals surface area contributed by atoms with Gasteiger partial charge in [-0.25, -0.2) is 0 Å². The van der Waals surface area contributed by atoms with E-state index in [0.29, 0.717) is 6.04 Å². The summed E-state index contributed by atoms with van der Waals surface area (Å²) in [5, 5.41) is 12.5. The van der Waals surface area contributed by atoms with E-state index in [0.717, 1.165) is 11.3 Å². The standard InChI is InChI=1S/C15H22N2/c1-5-6-12(2)17-14-9-7-13(8-10-14)15(3,4)11-16/h7-10,12,17H,5-6H2,1-4H3. The number of nitriles is 1. The van der Waals surface area contributed by atoms with Crippen LogP contribution >= 0.6 is 0 Å². The Labute approximate surface area is 105 Å². The van der Waals surface area contributed by atoms with Gasteiger partial charge in [0.2, 0.25) is 0 Å². The van der Waals surface area contributed by atoms with Crippen LogP contribution in [0.5, 0.6) is 0 Å². The fourth-order valence-corrected chi connectivity index (χ4v) is 1.84. The molecule has 0 heterocycles. The Morgan fingerprint density at radius 2 is 1.88 bits per heavy atom. The van der Waals surface area contributed by atoms with Gasteiger partial charge in [0.1, 0.15) is 0 Å². The Balaban J connectivity index is 2.72. The van der Waals surface area contributed by atoms with Crippen LogP contribution < -0.4 is 5.32 Å². The van der Waals surface area contributed by atoms with Gasteiger partial charge in [-0.2, -0.15) is 5.26 Å². The molecular formula is C15H22N2. The minimum Gasteiger partial charge on any atom is -0.383 e. The van der Waals surface area contributed by atoms with Crippen LogP contribution in [0, 0.1) is 11.3 Å². The average molecular weight is 230 g/mol. The summed E-state index contributed by atoms with van der Waals surface area (Å²) < 4.78 is 0. The minimum atomic E-state index is -0.409. The summed E-state index contributed by atoms with van der Waals surface area (Å²) in [5.41, 5.74) is 1.78. The van der Waals surface area contributed by atoms with E-state index in [2.05, 4.69) is 37.4 Å². The molecule has 17 heavy (non-hydrogen) atoms. The maximum absolute atomic E-state index is 9.07. The first kappa shape index (κ1) is 13.6. The largest absolute Gasteiger partial charge is 0.383 e. The zero-order chi connectivity index (χ0) is 12.9. The molecular weight excluding hydrogens is 208 g/mol. The van der Waals surface area contributed by atoms with Gasteiger partial charge in [0.25, 0.3) is 0 Å². The van der Waals surface area contributed by atoms with Crippen LogP contribution in [0.3, 0.4) is 0 Å². The molecule has 2 nitrogen and oxygen atoms in total. The van der Waals surface area contributed by atoms with Crippen molar-refractivity contribution in [3.05, 3.63) is 29.8 Å². The van der Waals surface area contributed by atoms with Crippen LogP contribution in [0.2, 0.25) is 0 Å². The number of anilines is 1. The summed E-state index contributed by atoms with van der Waals surface area (Å²) in [5.74, 6) is 0. The monoisotopic (exact) mass is 230 g/mol. The molecule has 0 fully saturated rings. The number of hydrogen-bond donors (Lipinski definition) is 1. The average Bonchev–Trinajstić information content (AvgIpc) is 2.30. The van der Waals surface area contributed by atoms with Gasteiger partial charge in [-0.05, 0) is 44.9 Å². The molecule has 0 radical (unpaired) electrons. The van der Waals surface area contributed by atoms with Crippen molar-refractivity contribution < 1.29 is 0 Å². The molecule has 2 heteroatoms. The molecule has 0 amide bonds. The van der Waals surface area contributed by atoms with Crippen LogP contribution in [0.1, 0.15) is 46.1 Å². The molecule has 1 N–H and O–H groups in total. The van der Waals surface area contributed by atoms with E-state index in [1.807, 2.05) is 26.0 Å². The lowest BCUT2D eigenvalue weighted by molar-refractivity contribution is 0.683. The van der Waals surface area contributed by atoms with Crippen molar-refractivity contribution >= 4 is 5.69 Å². The highest BCUT2D eigenvalue weighted by Crippen LogP contribution is 2.23. The van der Waals surface area contributed by atoms with Crippen molar-refractivity contribution in [2.45, 2.75) is 52.0 Å². The topological polar surface area (TPSA) is 35.8 Å². The first-order valence-electron chi connectivity index (χ1n) is 6.28. The molecule has 0 saturated carbocycles.